The molecule has 0 fully saturated rings. The van der Waals surface area contributed by atoms with E-state index in [1.165, 1.54) is 30.5 Å². The Bertz CT molecular complexity index is 886. The summed E-state index contributed by atoms with van der Waals surface area (Å²) in [6.45, 7) is 1.50. The van der Waals surface area contributed by atoms with Gasteiger partial charge in [0.2, 0.25) is 0 Å². The van der Waals surface area contributed by atoms with Gasteiger partial charge >= 0.3 is 5.97 Å². The van der Waals surface area contributed by atoms with E-state index < -0.39 is 12.6 Å². The highest BCUT2D eigenvalue weighted by Crippen LogP contribution is 2.25. The molecular formula is C23H24F2O4. The van der Waals surface area contributed by atoms with Crippen LogP contribution in [0.5, 0.6) is 0 Å². The van der Waals surface area contributed by atoms with Gasteiger partial charge in [0.15, 0.2) is 0 Å². The molecule has 0 aliphatic rings. The Morgan fingerprint density at radius 3 is 2.48 bits per heavy atom. The zero-order valence-corrected chi connectivity index (χ0v) is 16.2. The lowest BCUT2D eigenvalue weighted by molar-refractivity contribution is 0.0696. The molecule has 2 aromatic carbocycles. The lowest BCUT2D eigenvalue weighted by Crippen LogP contribution is -2.00. The molecule has 4 nitrogen and oxygen atoms in total. The van der Waals surface area contributed by atoms with E-state index in [-0.39, 0.29) is 36.6 Å². The second-order valence-electron chi connectivity index (χ2n) is 6.65. The maximum absolute atomic E-state index is 13.2. The number of allylic oxidation sites excluding steroid dienone is 3. The summed E-state index contributed by atoms with van der Waals surface area (Å²) >= 11 is 0. The molecule has 0 heterocycles. The van der Waals surface area contributed by atoms with E-state index in [1.807, 2.05) is 0 Å². The molecule has 0 atom stereocenters. The summed E-state index contributed by atoms with van der Waals surface area (Å²) in [5, 5.41) is 19.6. The molecule has 0 spiro atoms. The predicted molar refractivity (Wildman–Crippen MR) is 108 cm³/mol. The van der Waals surface area contributed by atoms with E-state index in [0.29, 0.717) is 23.1 Å². The normalized spacial score (nSPS) is 12.4. The lowest BCUT2D eigenvalue weighted by atomic mass is 9.97. The number of hydrogen-bond donors (Lipinski definition) is 2. The number of rotatable bonds is 10. The van der Waals surface area contributed by atoms with Crippen LogP contribution in [0.1, 0.15) is 41.3 Å². The van der Waals surface area contributed by atoms with Crippen molar-refractivity contribution in [2.75, 3.05) is 13.3 Å². The Kier molecular flexibility index (Phi) is 8.40. The van der Waals surface area contributed by atoms with Crippen LogP contribution in [0.15, 0.2) is 66.1 Å². The van der Waals surface area contributed by atoms with Crippen LogP contribution in [0.25, 0.3) is 5.57 Å². The van der Waals surface area contributed by atoms with Crippen LogP contribution in [-0.2, 0) is 11.2 Å². The minimum absolute atomic E-state index is 0.115. The molecule has 0 aliphatic heterocycles. The van der Waals surface area contributed by atoms with Crippen molar-refractivity contribution in [3.63, 3.8) is 0 Å². The van der Waals surface area contributed by atoms with Crippen LogP contribution < -0.4 is 0 Å². The summed E-state index contributed by atoms with van der Waals surface area (Å²) in [5.74, 6) is -1.27. The highest BCUT2D eigenvalue weighted by atomic mass is 19.1. The first-order valence-electron chi connectivity index (χ1n) is 9.23. The van der Waals surface area contributed by atoms with Crippen molar-refractivity contribution < 1.29 is 28.5 Å². The number of halogens is 2. The maximum atomic E-state index is 13.2. The summed E-state index contributed by atoms with van der Waals surface area (Å²) in [4.78, 5) is 11.1. The standard InChI is InChI=1S/C23H24F2O4/c1-16(22(26)14-17-4-2-5-19(13-17)23(27)28)12-20(15-29-11-3-10-24)18-6-8-21(25)9-7-18/h2,4-9,13,15,26H,3,10-12,14H2,1H3,(H,27,28). The largest absolute Gasteiger partial charge is 0.512 e. The monoisotopic (exact) mass is 402 g/mol. The maximum Gasteiger partial charge on any atom is 0.335 e. The van der Waals surface area contributed by atoms with Gasteiger partial charge < -0.3 is 14.9 Å². The molecule has 0 amide bonds. The Labute approximate surface area is 168 Å². The van der Waals surface area contributed by atoms with Gasteiger partial charge in [-0.15, -0.1) is 0 Å². The molecule has 2 N–H and O–H groups in total. The Morgan fingerprint density at radius 1 is 1.10 bits per heavy atom. The molecule has 0 bridgehead atoms. The summed E-state index contributed by atoms with van der Waals surface area (Å²) in [5.41, 5.74) is 2.93. The van der Waals surface area contributed by atoms with Crippen LogP contribution in [-0.4, -0.2) is 29.5 Å². The average molecular weight is 402 g/mol. The van der Waals surface area contributed by atoms with Gasteiger partial charge in [0.25, 0.3) is 0 Å². The number of carboxylic acid groups (broad SMARTS) is 1. The summed E-state index contributed by atoms with van der Waals surface area (Å²) in [7, 11) is 0. The zero-order chi connectivity index (χ0) is 21.2. The van der Waals surface area contributed by atoms with E-state index in [0.717, 1.165) is 5.56 Å². The third-order valence-electron chi connectivity index (χ3n) is 4.33. The number of aliphatic hydroxyl groups is 1. The molecule has 0 unspecified atom stereocenters. The van der Waals surface area contributed by atoms with Crippen molar-refractivity contribution in [1.82, 2.24) is 0 Å². The zero-order valence-electron chi connectivity index (χ0n) is 16.2. The fraction of sp³-hybridized carbons (Fsp3) is 0.261. The Morgan fingerprint density at radius 2 is 1.83 bits per heavy atom. The number of carboxylic acids is 1. The molecule has 0 saturated heterocycles. The SMILES string of the molecule is CC(CC(=COCCCF)c1ccc(F)cc1)=C(O)Cc1cccc(C(=O)O)c1. The fourth-order valence-electron chi connectivity index (χ4n) is 2.72. The summed E-state index contributed by atoms with van der Waals surface area (Å²) in [6, 6.07) is 12.3. The molecular weight excluding hydrogens is 378 g/mol. The van der Waals surface area contributed by atoms with Crippen LogP contribution in [0.2, 0.25) is 0 Å². The predicted octanol–water partition coefficient (Wildman–Crippen LogP) is 5.71. The Hall–Kier alpha value is -3.15. The minimum Gasteiger partial charge on any atom is -0.512 e. The molecule has 2 rings (SSSR count). The van der Waals surface area contributed by atoms with Crippen molar-refractivity contribution in [1.29, 1.82) is 0 Å². The molecule has 0 radical (unpaired) electrons. The van der Waals surface area contributed by atoms with Gasteiger partial charge in [0.05, 0.1) is 30.9 Å². The lowest BCUT2D eigenvalue weighted by Gasteiger charge is -2.12. The van der Waals surface area contributed by atoms with Gasteiger partial charge in [0, 0.05) is 19.3 Å². The van der Waals surface area contributed by atoms with Gasteiger partial charge in [-0.05, 0) is 53.5 Å². The fourth-order valence-corrected chi connectivity index (χ4v) is 2.72. The van der Waals surface area contributed by atoms with Crippen molar-refractivity contribution in [3.8, 4) is 0 Å². The molecule has 6 heteroatoms. The molecule has 0 aliphatic carbocycles. The minimum atomic E-state index is -1.03. The van der Waals surface area contributed by atoms with E-state index >= 15 is 0 Å². The third kappa shape index (κ3) is 7.07. The van der Waals surface area contributed by atoms with Crippen LogP contribution >= 0.6 is 0 Å². The highest BCUT2D eigenvalue weighted by Gasteiger charge is 2.10. The van der Waals surface area contributed by atoms with Gasteiger partial charge in [-0.2, -0.15) is 0 Å². The first-order valence-corrected chi connectivity index (χ1v) is 9.23. The number of carbonyl (C=O) groups is 1. The molecule has 0 aromatic heterocycles. The first kappa shape index (κ1) is 22.1. The number of alkyl halides is 1. The summed E-state index contributed by atoms with van der Waals surface area (Å²) in [6.07, 6.45) is 2.30. The number of aliphatic hydroxyl groups excluding tert-OH is 1. The topological polar surface area (TPSA) is 66.8 Å². The van der Waals surface area contributed by atoms with E-state index in [1.54, 1.807) is 31.2 Å². The second kappa shape index (κ2) is 11.0. The van der Waals surface area contributed by atoms with Gasteiger partial charge in [0.1, 0.15) is 5.82 Å². The van der Waals surface area contributed by atoms with Crippen LogP contribution in [0.4, 0.5) is 8.78 Å². The van der Waals surface area contributed by atoms with Gasteiger partial charge in [-0.1, -0.05) is 24.3 Å². The quantitative estimate of drug-likeness (QED) is 0.395. The molecule has 29 heavy (non-hydrogen) atoms. The summed E-state index contributed by atoms with van der Waals surface area (Å²) < 4.78 is 30.9. The first-order chi connectivity index (χ1) is 13.9. The third-order valence-corrected chi connectivity index (χ3v) is 4.33. The van der Waals surface area contributed by atoms with Crippen LogP contribution in [0, 0.1) is 5.82 Å². The number of ether oxygens (including phenoxy) is 1. The average Bonchev–Trinajstić information content (AvgIpc) is 2.71. The smallest absolute Gasteiger partial charge is 0.335 e. The number of hydrogen-bond acceptors (Lipinski definition) is 3. The second-order valence-corrected chi connectivity index (χ2v) is 6.65. The van der Waals surface area contributed by atoms with Gasteiger partial charge in [-0.25, -0.2) is 9.18 Å². The molecule has 2 aromatic rings. The number of benzene rings is 2. The van der Waals surface area contributed by atoms with E-state index in [4.69, 9.17) is 9.84 Å². The van der Waals surface area contributed by atoms with Crippen LogP contribution in [0.3, 0.4) is 0 Å². The van der Waals surface area contributed by atoms with Crippen molar-refractivity contribution in [3.05, 3.63) is 88.6 Å². The van der Waals surface area contributed by atoms with E-state index in [9.17, 15) is 18.7 Å². The van der Waals surface area contributed by atoms with E-state index in [2.05, 4.69) is 0 Å². The molecule has 0 saturated carbocycles. The van der Waals surface area contributed by atoms with Crippen molar-refractivity contribution >= 4 is 11.5 Å². The Balaban J connectivity index is 2.20. The van der Waals surface area contributed by atoms with Crippen molar-refractivity contribution in [2.24, 2.45) is 0 Å². The van der Waals surface area contributed by atoms with Gasteiger partial charge in [-0.3, -0.25) is 4.39 Å². The highest BCUT2D eigenvalue weighted by molar-refractivity contribution is 5.87. The van der Waals surface area contributed by atoms with Crippen molar-refractivity contribution in [2.45, 2.75) is 26.2 Å². The number of aromatic carboxylic acids is 1. The molecule has 154 valence electrons.